The van der Waals surface area contributed by atoms with E-state index in [1.165, 1.54) is 0 Å². The Morgan fingerprint density at radius 1 is 1.50 bits per heavy atom. The summed E-state index contributed by atoms with van der Waals surface area (Å²) in [6.45, 7) is 4.19. The van der Waals surface area contributed by atoms with E-state index in [-0.39, 0.29) is 0 Å². The summed E-state index contributed by atoms with van der Waals surface area (Å²) in [6, 6.07) is 3.99. The molecule has 2 heterocycles. The maximum absolute atomic E-state index is 5.77. The van der Waals surface area contributed by atoms with Gasteiger partial charge in [0.25, 0.3) is 0 Å². The first-order chi connectivity index (χ1) is 7.83. The van der Waals surface area contributed by atoms with E-state index in [4.69, 9.17) is 4.74 Å². The largest absolute Gasteiger partial charge is 0.460 e. The smallest absolute Gasteiger partial charge is 0.145 e. The number of hydrogen-bond donors (Lipinski definition) is 1. The number of nitrogens with zero attached hydrogens (tertiary/aromatic N) is 1. The van der Waals surface area contributed by atoms with Crippen molar-refractivity contribution in [1.82, 2.24) is 9.97 Å². The minimum Gasteiger partial charge on any atom is -0.460 e. The van der Waals surface area contributed by atoms with Crippen LogP contribution in [0.15, 0.2) is 36.4 Å². The zero-order chi connectivity index (χ0) is 11.4. The molecule has 0 amide bonds. The standard InChI is InChI=1S/C13H16N2O/c1-3-5-11(4-2)16-12-8-10-6-7-14-13(10)15-9-12/h5-9H,3-4H2,1-2H3,(H,14,15)/b11-5+. The normalized spacial score (nSPS) is 12.0. The summed E-state index contributed by atoms with van der Waals surface area (Å²) in [6.07, 6.45) is 7.62. The molecule has 0 saturated carbocycles. The molecule has 2 aromatic heterocycles. The van der Waals surface area contributed by atoms with Gasteiger partial charge in [-0.3, -0.25) is 0 Å². The van der Waals surface area contributed by atoms with Crippen LogP contribution in [0.3, 0.4) is 0 Å². The quantitative estimate of drug-likeness (QED) is 0.792. The molecule has 1 N–H and O–H groups in total. The SMILES string of the molecule is CC/C=C(\CC)Oc1cnc2[nH]ccc2c1. The van der Waals surface area contributed by atoms with Crippen molar-refractivity contribution in [3.05, 3.63) is 36.4 Å². The fourth-order valence-corrected chi connectivity index (χ4v) is 1.61. The van der Waals surface area contributed by atoms with E-state index in [1.807, 2.05) is 18.3 Å². The molecule has 3 heteroatoms. The van der Waals surface area contributed by atoms with Gasteiger partial charge < -0.3 is 9.72 Å². The van der Waals surface area contributed by atoms with Gasteiger partial charge in [-0.05, 0) is 24.6 Å². The van der Waals surface area contributed by atoms with Crippen LogP contribution >= 0.6 is 0 Å². The molecule has 0 atom stereocenters. The van der Waals surface area contributed by atoms with Crippen molar-refractivity contribution in [2.75, 3.05) is 0 Å². The van der Waals surface area contributed by atoms with E-state index in [9.17, 15) is 0 Å². The summed E-state index contributed by atoms with van der Waals surface area (Å²) in [5.74, 6) is 1.80. The highest BCUT2D eigenvalue weighted by atomic mass is 16.5. The summed E-state index contributed by atoms with van der Waals surface area (Å²) >= 11 is 0. The number of ether oxygens (including phenoxy) is 1. The predicted octanol–water partition coefficient (Wildman–Crippen LogP) is 3.65. The molecule has 2 rings (SSSR count). The van der Waals surface area contributed by atoms with Crippen molar-refractivity contribution >= 4 is 11.0 Å². The van der Waals surface area contributed by atoms with E-state index in [1.54, 1.807) is 6.20 Å². The molecular formula is C13H16N2O. The van der Waals surface area contributed by atoms with Crippen molar-refractivity contribution in [3.63, 3.8) is 0 Å². The highest BCUT2D eigenvalue weighted by Gasteiger charge is 2.01. The van der Waals surface area contributed by atoms with Crippen LogP contribution in [0.4, 0.5) is 0 Å². The van der Waals surface area contributed by atoms with Crippen LogP contribution in [0.25, 0.3) is 11.0 Å². The molecule has 84 valence electrons. The summed E-state index contributed by atoms with van der Waals surface area (Å²) in [7, 11) is 0. The van der Waals surface area contributed by atoms with Gasteiger partial charge in [-0.15, -0.1) is 0 Å². The molecule has 0 aliphatic rings. The fourth-order valence-electron chi connectivity index (χ4n) is 1.61. The van der Waals surface area contributed by atoms with Crippen LogP contribution < -0.4 is 4.74 Å². The summed E-state index contributed by atoms with van der Waals surface area (Å²) in [5, 5.41) is 1.07. The van der Waals surface area contributed by atoms with Crippen LogP contribution in [0, 0.1) is 0 Å². The number of rotatable bonds is 4. The molecule has 0 spiro atoms. The molecule has 2 aromatic rings. The Kier molecular flexibility index (Phi) is 3.25. The monoisotopic (exact) mass is 216 g/mol. The van der Waals surface area contributed by atoms with Gasteiger partial charge in [-0.2, -0.15) is 0 Å². The highest BCUT2D eigenvalue weighted by Crippen LogP contribution is 2.20. The zero-order valence-corrected chi connectivity index (χ0v) is 9.66. The molecule has 0 aliphatic carbocycles. The Balaban J connectivity index is 2.23. The lowest BCUT2D eigenvalue weighted by atomic mass is 10.3. The molecule has 0 aliphatic heterocycles. The lowest BCUT2D eigenvalue weighted by molar-refractivity contribution is 0.406. The van der Waals surface area contributed by atoms with Crippen molar-refractivity contribution in [2.45, 2.75) is 26.7 Å². The number of fused-ring (bicyclic) bond motifs is 1. The molecule has 0 radical (unpaired) electrons. The Labute approximate surface area is 95.2 Å². The number of aromatic amines is 1. The van der Waals surface area contributed by atoms with Gasteiger partial charge in [-0.1, -0.05) is 13.8 Å². The number of H-pyrrole nitrogens is 1. The van der Waals surface area contributed by atoms with Crippen LogP contribution in [-0.2, 0) is 0 Å². The van der Waals surface area contributed by atoms with Crippen molar-refractivity contribution < 1.29 is 4.74 Å². The van der Waals surface area contributed by atoms with Crippen LogP contribution in [0.5, 0.6) is 5.75 Å². The third-order valence-corrected chi connectivity index (χ3v) is 2.40. The van der Waals surface area contributed by atoms with Crippen LogP contribution in [-0.4, -0.2) is 9.97 Å². The van der Waals surface area contributed by atoms with Gasteiger partial charge in [0, 0.05) is 18.0 Å². The van der Waals surface area contributed by atoms with Crippen LogP contribution in [0.2, 0.25) is 0 Å². The van der Waals surface area contributed by atoms with Gasteiger partial charge in [-0.25, -0.2) is 4.98 Å². The molecule has 16 heavy (non-hydrogen) atoms. The second-order valence-corrected chi connectivity index (χ2v) is 3.62. The summed E-state index contributed by atoms with van der Waals surface area (Å²) < 4.78 is 5.77. The number of hydrogen-bond acceptors (Lipinski definition) is 2. The molecule has 0 unspecified atom stereocenters. The van der Waals surface area contributed by atoms with E-state index < -0.39 is 0 Å². The van der Waals surface area contributed by atoms with Crippen LogP contribution in [0.1, 0.15) is 26.7 Å². The van der Waals surface area contributed by atoms with Gasteiger partial charge in [0.15, 0.2) is 0 Å². The Morgan fingerprint density at radius 2 is 2.38 bits per heavy atom. The highest BCUT2D eigenvalue weighted by molar-refractivity contribution is 5.76. The van der Waals surface area contributed by atoms with E-state index in [0.717, 1.165) is 35.4 Å². The molecule has 0 aromatic carbocycles. The number of nitrogens with one attached hydrogen (secondary N) is 1. The van der Waals surface area contributed by atoms with E-state index >= 15 is 0 Å². The average Bonchev–Trinajstić information content (AvgIpc) is 2.75. The topological polar surface area (TPSA) is 37.9 Å². The molecule has 0 fully saturated rings. The Bertz CT molecular complexity index is 499. The van der Waals surface area contributed by atoms with Crippen molar-refractivity contribution in [2.24, 2.45) is 0 Å². The van der Waals surface area contributed by atoms with Gasteiger partial charge >= 0.3 is 0 Å². The van der Waals surface area contributed by atoms with Gasteiger partial charge in [0.2, 0.25) is 0 Å². The van der Waals surface area contributed by atoms with Gasteiger partial charge in [0.05, 0.1) is 12.0 Å². The predicted molar refractivity (Wildman–Crippen MR) is 65.4 cm³/mol. The number of aromatic nitrogens is 2. The van der Waals surface area contributed by atoms with E-state index in [2.05, 4.69) is 29.9 Å². The maximum Gasteiger partial charge on any atom is 0.145 e. The minimum atomic E-state index is 0.800. The first-order valence-corrected chi connectivity index (χ1v) is 5.63. The first kappa shape index (κ1) is 10.7. The molecule has 0 saturated heterocycles. The second kappa shape index (κ2) is 4.84. The minimum absolute atomic E-state index is 0.800. The lowest BCUT2D eigenvalue weighted by Crippen LogP contribution is -1.94. The van der Waals surface area contributed by atoms with Gasteiger partial charge in [0.1, 0.15) is 11.4 Å². The maximum atomic E-state index is 5.77. The number of pyridine rings is 1. The number of allylic oxidation sites excluding steroid dienone is 2. The third kappa shape index (κ3) is 2.24. The van der Waals surface area contributed by atoms with Crippen molar-refractivity contribution in [3.8, 4) is 5.75 Å². The van der Waals surface area contributed by atoms with Crippen molar-refractivity contribution in [1.29, 1.82) is 0 Å². The summed E-state index contributed by atoms with van der Waals surface area (Å²) in [5.41, 5.74) is 0.893. The lowest BCUT2D eigenvalue weighted by Gasteiger charge is -2.07. The zero-order valence-electron chi connectivity index (χ0n) is 9.66. The molecule has 0 bridgehead atoms. The molecule has 3 nitrogen and oxygen atoms in total. The first-order valence-electron chi connectivity index (χ1n) is 5.63. The fraction of sp³-hybridized carbons (Fsp3) is 0.308. The third-order valence-electron chi connectivity index (χ3n) is 2.40. The Hall–Kier alpha value is -1.77. The molecular weight excluding hydrogens is 200 g/mol. The average molecular weight is 216 g/mol. The summed E-state index contributed by atoms with van der Waals surface area (Å²) in [4.78, 5) is 7.34. The van der Waals surface area contributed by atoms with E-state index in [0.29, 0.717) is 0 Å². The Morgan fingerprint density at radius 3 is 3.12 bits per heavy atom. The second-order valence-electron chi connectivity index (χ2n) is 3.62.